The lowest BCUT2D eigenvalue weighted by Gasteiger charge is -2.42. The van der Waals surface area contributed by atoms with E-state index in [-0.39, 0.29) is 35.3 Å². The van der Waals surface area contributed by atoms with Crippen LogP contribution in [0.4, 0.5) is 13.2 Å². The van der Waals surface area contributed by atoms with Crippen molar-refractivity contribution in [3.8, 4) is 11.1 Å². The minimum absolute atomic E-state index is 0. The van der Waals surface area contributed by atoms with Gasteiger partial charge in [0, 0.05) is 24.7 Å². The molecule has 1 unspecified atom stereocenters. The van der Waals surface area contributed by atoms with E-state index in [2.05, 4.69) is 0 Å². The second-order valence-electron chi connectivity index (χ2n) is 7.44. The Balaban J connectivity index is 0.00000261. The molecule has 1 saturated heterocycles. The summed E-state index contributed by atoms with van der Waals surface area (Å²) in [6.07, 6.45) is 0.741. The van der Waals surface area contributed by atoms with E-state index >= 15 is 0 Å². The predicted molar refractivity (Wildman–Crippen MR) is 101 cm³/mol. The van der Waals surface area contributed by atoms with Gasteiger partial charge in [0.1, 0.15) is 0 Å². The molecule has 2 aromatic carbocycles. The van der Waals surface area contributed by atoms with Crippen LogP contribution in [0.1, 0.15) is 30.6 Å². The lowest BCUT2D eigenvalue weighted by Crippen LogP contribution is -2.53. The Morgan fingerprint density at radius 2 is 1.63 bits per heavy atom. The van der Waals surface area contributed by atoms with Gasteiger partial charge in [-0.2, -0.15) is 0 Å². The van der Waals surface area contributed by atoms with Gasteiger partial charge in [-0.25, -0.2) is 13.2 Å². The number of piperidine rings is 1. The molecule has 1 fully saturated rings. The third-order valence-corrected chi connectivity index (χ3v) is 5.05. The maximum atomic E-state index is 13.4. The van der Waals surface area contributed by atoms with Crippen molar-refractivity contribution in [2.24, 2.45) is 11.1 Å². The van der Waals surface area contributed by atoms with Gasteiger partial charge in [-0.3, -0.25) is 4.79 Å². The van der Waals surface area contributed by atoms with Gasteiger partial charge < -0.3 is 10.6 Å². The molecular formula is C20H22ClF3N2O. The van der Waals surface area contributed by atoms with Crippen molar-refractivity contribution in [3.63, 3.8) is 0 Å². The topological polar surface area (TPSA) is 46.3 Å². The van der Waals surface area contributed by atoms with Gasteiger partial charge in [0.2, 0.25) is 0 Å². The second-order valence-corrected chi connectivity index (χ2v) is 7.44. The molecular weight excluding hydrogens is 377 g/mol. The first-order valence-corrected chi connectivity index (χ1v) is 8.49. The highest BCUT2D eigenvalue weighted by molar-refractivity contribution is 5.94. The number of nitrogens with zero attached hydrogens (tertiary/aromatic N) is 1. The van der Waals surface area contributed by atoms with Gasteiger partial charge in [-0.1, -0.05) is 26.0 Å². The molecule has 146 valence electrons. The molecule has 0 aromatic heterocycles. The molecule has 3 rings (SSSR count). The summed E-state index contributed by atoms with van der Waals surface area (Å²) in [4.78, 5) is 14.5. The number of halogens is 4. The van der Waals surface area contributed by atoms with E-state index in [1.807, 2.05) is 13.8 Å². The molecule has 2 aromatic rings. The Labute approximate surface area is 162 Å². The zero-order valence-corrected chi connectivity index (χ0v) is 16.0. The number of rotatable bonds is 2. The molecule has 0 bridgehead atoms. The first-order valence-electron chi connectivity index (χ1n) is 8.49. The normalized spacial score (nSPS) is 18.7. The first-order chi connectivity index (χ1) is 12.2. The largest absolute Gasteiger partial charge is 0.338 e. The standard InChI is InChI=1S/C20H21F3N2O.ClH/c1-20(2)11-25(8-7-17(20)24)19(26)13-5-3-12(4-6-13)14-9-15(21)18(23)16(22)10-14;/h3-6,9-10,17H,7-8,11,24H2,1-2H3;1H. The van der Waals surface area contributed by atoms with Crippen molar-refractivity contribution in [1.82, 2.24) is 4.90 Å². The van der Waals surface area contributed by atoms with Crippen molar-refractivity contribution in [1.29, 1.82) is 0 Å². The molecule has 0 spiro atoms. The Morgan fingerprint density at radius 3 is 2.15 bits per heavy atom. The molecule has 1 atom stereocenters. The van der Waals surface area contributed by atoms with Crippen LogP contribution in [-0.2, 0) is 0 Å². The number of hydrogen-bond donors (Lipinski definition) is 1. The van der Waals surface area contributed by atoms with Gasteiger partial charge in [0.05, 0.1) is 0 Å². The van der Waals surface area contributed by atoms with Crippen LogP contribution in [0.2, 0.25) is 0 Å². The first kappa shape index (κ1) is 21.3. The number of nitrogens with two attached hydrogens (primary N) is 1. The summed E-state index contributed by atoms with van der Waals surface area (Å²) in [6.45, 7) is 5.25. The smallest absolute Gasteiger partial charge is 0.253 e. The summed E-state index contributed by atoms with van der Waals surface area (Å²) in [6, 6.07) is 8.34. The third kappa shape index (κ3) is 4.28. The van der Waals surface area contributed by atoms with Crippen LogP contribution < -0.4 is 5.73 Å². The fraction of sp³-hybridized carbons (Fsp3) is 0.350. The summed E-state index contributed by atoms with van der Waals surface area (Å²) < 4.78 is 39.9. The summed E-state index contributed by atoms with van der Waals surface area (Å²) in [5.41, 5.74) is 7.15. The van der Waals surface area contributed by atoms with E-state index in [9.17, 15) is 18.0 Å². The molecule has 3 nitrogen and oxygen atoms in total. The molecule has 2 N–H and O–H groups in total. The molecule has 1 heterocycles. The monoisotopic (exact) mass is 398 g/mol. The SMILES string of the molecule is CC1(C)CN(C(=O)c2ccc(-c3cc(F)c(F)c(F)c3)cc2)CCC1N.Cl. The van der Waals surface area contributed by atoms with Gasteiger partial charge in [0.15, 0.2) is 17.5 Å². The maximum absolute atomic E-state index is 13.4. The van der Waals surface area contributed by atoms with E-state index in [4.69, 9.17) is 5.73 Å². The highest BCUT2D eigenvalue weighted by Gasteiger charge is 2.35. The van der Waals surface area contributed by atoms with Crippen LogP contribution in [0.25, 0.3) is 11.1 Å². The van der Waals surface area contributed by atoms with Crippen LogP contribution in [0.3, 0.4) is 0 Å². The predicted octanol–water partition coefficient (Wildman–Crippen LogP) is 4.39. The fourth-order valence-corrected chi connectivity index (χ4v) is 3.26. The Morgan fingerprint density at radius 1 is 1.07 bits per heavy atom. The lowest BCUT2D eigenvalue weighted by atomic mass is 9.79. The Kier molecular flexibility index (Phi) is 6.22. The molecule has 0 radical (unpaired) electrons. The van der Waals surface area contributed by atoms with Crippen LogP contribution in [0.15, 0.2) is 36.4 Å². The number of carbonyl (C=O) groups is 1. The Bertz CT molecular complexity index is 817. The number of hydrogen-bond acceptors (Lipinski definition) is 2. The highest BCUT2D eigenvalue weighted by atomic mass is 35.5. The van der Waals surface area contributed by atoms with Crippen molar-refractivity contribution >= 4 is 18.3 Å². The third-order valence-electron chi connectivity index (χ3n) is 5.05. The van der Waals surface area contributed by atoms with Crippen LogP contribution in [0, 0.1) is 22.9 Å². The maximum Gasteiger partial charge on any atom is 0.253 e. The summed E-state index contributed by atoms with van der Waals surface area (Å²) in [7, 11) is 0. The van der Waals surface area contributed by atoms with E-state index < -0.39 is 17.5 Å². The lowest BCUT2D eigenvalue weighted by molar-refractivity contribution is 0.0533. The van der Waals surface area contributed by atoms with Gasteiger partial charge >= 0.3 is 0 Å². The summed E-state index contributed by atoms with van der Waals surface area (Å²) >= 11 is 0. The molecule has 1 aliphatic rings. The fourth-order valence-electron chi connectivity index (χ4n) is 3.26. The van der Waals surface area contributed by atoms with Gasteiger partial charge in [0.25, 0.3) is 5.91 Å². The minimum atomic E-state index is -1.49. The van der Waals surface area contributed by atoms with Crippen LogP contribution in [-0.4, -0.2) is 29.9 Å². The zero-order valence-electron chi connectivity index (χ0n) is 15.1. The van der Waals surface area contributed by atoms with E-state index in [0.29, 0.717) is 24.2 Å². The van der Waals surface area contributed by atoms with Crippen molar-refractivity contribution in [3.05, 3.63) is 59.4 Å². The molecule has 27 heavy (non-hydrogen) atoms. The summed E-state index contributed by atoms with van der Waals surface area (Å²) in [5.74, 6) is -4.08. The number of carbonyl (C=O) groups excluding carboxylic acids is 1. The van der Waals surface area contributed by atoms with Gasteiger partial charge in [-0.05, 0) is 47.2 Å². The molecule has 1 amide bonds. The van der Waals surface area contributed by atoms with E-state index in [0.717, 1.165) is 18.6 Å². The average molecular weight is 399 g/mol. The highest BCUT2D eigenvalue weighted by Crippen LogP contribution is 2.29. The zero-order chi connectivity index (χ0) is 19.1. The molecule has 0 aliphatic carbocycles. The number of amides is 1. The van der Waals surface area contributed by atoms with Gasteiger partial charge in [-0.15, -0.1) is 12.4 Å². The number of likely N-dealkylation sites (tertiary alicyclic amines) is 1. The minimum Gasteiger partial charge on any atom is -0.338 e. The molecule has 7 heteroatoms. The van der Waals surface area contributed by atoms with E-state index in [1.165, 1.54) is 0 Å². The van der Waals surface area contributed by atoms with E-state index in [1.54, 1.807) is 29.2 Å². The van der Waals surface area contributed by atoms with Crippen molar-refractivity contribution < 1.29 is 18.0 Å². The van der Waals surface area contributed by atoms with Crippen molar-refractivity contribution in [2.75, 3.05) is 13.1 Å². The number of benzene rings is 2. The van der Waals surface area contributed by atoms with Crippen LogP contribution in [0.5, 0.6) is 0 Å². The van der Waals surface area contributed by atoms with Crippen LogP contribution >= 0.6 is 12.4 Å². The van der Waals surface area contributed by atoms with Crippen molar-refractivity contribution in [2.45, 2.75) is 26.3 Å². The molecule has 1 aliphatic heterocycles. The Hall–Kier alpha value is -2.05. The quantitative estimate of drug-likeness (QED) is 0.762. The summed E-state index contributed by atoms with van der Waals surface area (Å²) in [5, 5.41) is 0. The second kappa shape index (κ2) is 7.90. The average Bonchev–Trinajstić information content (AvgIpc) is 2.61. The molecule has 0 saturated carbocycles.